The zero-order valence-corrected chi connectivity index (χ0v) is 14.8. The third-order valence-corrected chi connectivity index (χ3v) is 5.29. The van der Waals surface area contributed by atoms with Crippen LogP contribution in [0.1, 0.15) is 33.8 Å². The number of ether oxygens (including phenoxy) is 1. The molecule has 1 aromatic heterocycles. The number of methoxy groups -OCH3 is 1. The lowest BCUT2D eigenvalue weighted by atomic mass is 9.89. The van der Waals surface area contributed by atoms with Crippen molar-refractivity contribution in [3.63, 3.8) is 0 Å². The highest BCUT2D eigenvalue weighted by molar-refractivity contribution is 7.08. The van der Waals surface area contributed by atoms with E-state index in [-0.39, 0.29) is 18.4 Å². The van der Waals surface area contributed by atoms with Crippen molar-refractivity contribution >= 4 is 23.4 Å². The first kappa shape index (κ1) is 17.3. The van der Waals surface area contributed by atoms with Crippen molar-refractivity contribution in [1.82, 2.24) is 14.5 Å². The maximum absolute atomic E-state index is 12.8. The number of likely N-dealkylation sites (tertiary alicyclic amines) is 1. The van der Waals surface area contributed by atoms with E-state index < -0.39 is 11.9 Å². The number of aliphatic carboxylic acids is 1. The SMILES string of the molecule is CCc1nnsc1C(=O)N1C[C@@H](C(=O)O)[C@H](c2cccc(OC)c2)C1. The van der Waals surface area contributed by atoms with Gasteiger partial charge in [-0.25, -0.2) is 0 Å². The molecule has 2 aromatic rings. The third-order valence-electron chi connectivity index (χ3n) is 4.53. The maximum atomic E-state index is 12.8. The van der Waals surface area contributed by atoms with Gasteiger partial charge in [-0.3, -0.25) is 9.59 Å². The number of carbonyl (C=O) groups is 2. The molecular formula is C17H19N3O4S. The van der Waals surface area contributed by atoms with Crippen LogP contribution in [0.25, 0.3) is 0 Å². The number of carbonyl (C=O) groups excluding carboxylic acids is 1. The molecule has 2 heterocycles. The van der Waals surface area contributed by atoms with Gasteiger partial charge in [-0.1, -0.05) is 23.5 Å². The summed E-state index contributed by atoms with van der Waals surface area (Å²) in [5.74, 6) is -1.35. The first-order valence-corrected chi connectivity index (χ1v) is 8.79. The van der Waals surface area contributed by atoms with Crippen molar-refractivity contribution in [2.24, 2.45) is 5.92 Å². The van der Waals surface area contributed by atoms with Gasteiger partial charge < -0.3 is 14.7 Å². The van der Waals surface area contributed by atoms with E-state index in [2.05, 4.69) is 9.59 Å². The minimum absolute atomic E-state index is 0.178. The molecule has 0 spiro atoms. The Balaban J connectivity index is 1.87. The van der Waals surface area contributed by atoms with E-state index in [4.69, 9.17) is 4.74 Å². The Morgan fingerprint density at radius 2 is 2.20 bits per heavy atom. The molecule has 1 fully saturated rings. The monoisotopic (exact) mass is 361 g/mol. The molecule has 1 saturated heterocycles. The van der Waals surface area contributed by atoms with Gasteiger partial charge in [0, 0.05) is 19.0 Å². The second kappa shape index (κ2) is 7.18. The fraction of sp³-hybridized carbons (Fsp3) is 0.412. The minimum Gasteiger partial charge on any atom is -0.497 e. The van der Waals surface area contributed by atoms with Crippen molar-refractivity contribution in [3.05, 3.63) is 40.4 Å². The van der Waals surface area contributed by atoms with E-state index >= 15 is 0 Å². The van der Waals surface area contributed by atoms with Gasteiger partial charge in [-0.2, -0.15) is 0 Å². The van der Waals surface area contributed by atoms with Crippen molar-refractivity contribution in [2.45, 2.75) is 19.3 Å². The molecule has 0 unspecified atom stereocenters. The second-order valence-electron chi connectivity index (χ2n) is 5.94. The van der Waals surface area contributed by atoms with E-state index in [1.54, 1.807) is 12.0 Å². The molecule has 1 amide bonds. The van der Waals surface area contributed by atoms with Crippen LogP contribution in [0.15, 0.2) is 24.3 Å². The Kier molecular flexibility index (Phi) is 4.98. The predicted octanol–water partition coefficient (Wildman–Crippen LogP) is 2.05. The number of nitrogens with zero attached hydrogens (tertiary/aromatic N) is 3. The number of aromatic nitrogens is 2. The fourth-order valence-corrected chi connectivity index (χ4v) is 3.89. The molecule has 1 aromatic carbocycles. The summed E-state index contributed by atoms with van der Waals surface area (Å²) in [7, 11) is 1.57. The molecule has 1 aliphatic rings. The highest BCUT2D eigenvalue weighted by Crippen LogP contribution is 2.35. The molecule has 132 valence electrons. The van der Waals surface area contributed by atoms with E-state index in [1.165, 1.54) is 0 Å². The number of aryl methyl sites for hydroxylation is 1. The van der Waals surface area contributed by atoms with Crippen LogP contribution in [-0.4, -0.2) is 51.7 Å². The molecule has 1 N–H and O–H groups in total. The van der Waals surface area contributed by atoms with Gasteiger partial charge in [-0.15, -0.1) is 5.10 Å². The van der Waals surface area contributed by atoms with Crippen LogP contribution in [0.3, 0.4) is 0 Å². The molecule has 0 saturated carbocycles. The summed E-state index contributed by atoms with van der Waals surface area (Å²) in [6.07, 6.45) is 0.618. The summed E-state index contributed by atoms with van der Waals surface area (Å²) in [5, 5.41) is 13.6. The normalized spacial score (nSPS) is 19.8. The van der Waals surface area contributed by atoms with Gasteiger partial charge in [0.2, 0.25) is 0 Å². The number of benzene rings is 1. The Hall–Kier alpha value is -2.48. The number of rotatable bonds is 5. The van der Waals surface area contributed by atoms with E-state index in [0.29, 0.717) is 29.3 Å². The van der Waals surface area contributed by atoms with Gasteiger partial charge in [0.15, 0.2) is 0 Å². The van der Waals surface area contributed by atoms with Gasteiger partial charge in [0.1, 0.15) is 10.6 Å². The van der Waals surface area contributed by atoms with E-state index in [1.807, 2.05) is 31.2 Å². The summed E-state index contributed by atoms with van der Waals surface area (Å²) < 4.78 is 9.08. The molecule has 7 nitrogen and oxygen atoms in total. The van der Waals surface area contributed by atoms with E-state index in [9.17, 15) is 14.7 Å². The Morgan fingerprint density at radius 3 is 2.88 bits per heavy atom. The van der Waals surface area contributed by atoms with Gasteiger partial charge in [-0.05, 0) is 35.6 Å². The quantitative estimate of drug-likeness (QED) is 0.876. The first-order valence-electron chi connectivity index (χ1n) is 8.02. The van der Waals surface area contributed by atoms with Crippen LogP contribution in [0.2, 0.25) is 0 Å². The molecule has 2 atom stereocenters. The lowest BCUT2D eigenvalue weighted by Gasteiger charge is -2.16. The number of amides is 1. The number of carboxylic acid groups (broad SMARTS) is 1. The standard InChI is InChI=1S/C17H19N3O4S/c1-3-14-15(25-19-18-14)16(21)20-8-12(13(9-20)17(22)23)10-5-4-6-11(7-10)24-2/h4-7,12-13H,3,8-9H2,1-2H3,(H,22,23)/t12-,13+/m0/s1. The van der Waals surface area contributed by atoms with Crippen LogP contribution in [0, 0.1) is 5.92 Å². The largest absolute Gasteiger partial charge is 0.497 e. The zero-order valence-electron chi connectivity index (χ0n) is 14.0. The molecule has 3 rings (SSSR count). The number of carboxylic acids is 1. The molecule has 0 bridgehead atoms. The first-order chi connectivity index (χ1) is 12.0. The average molecular weight is 361 g/mol. The fourth-order valence-electron chi connectivity index (χ4n) is 3.18. The summed E-state index contributed by atoms with van der Waals surface area (Å²) in [5.41, 5.74) is 1.52. The van der Waals surface area contributed by atoms with Crippen LogP contribution in [0.4, 0.5) is 0 Å². The lowest BCUT2D eigenvalue weighted by Crippen LogP contribution is -2.30. The Labute approximate surface area is 149 Å². The summed E-state index contributed by atoms with van der Waals surface area (Å²) in [6, 6.07) is 7.36. The topological polar surface area (TPSA) is 92.6 Å². The van der Waals surface area contributed by atoms with Gasteiger partial charge in [0.05, 0.1) is 18.7 Å². The van der Waals surface area contributed by atoms with Crippen LogP contribution < -0.4 is 4.74 Å². The van der Waals surface area contributed by atoms with Crippen molar-refractivity contribution < 1.29 is 19.4 Å². The number of hydrogen-bond acceptors (Lipinski definition) is 6. The van der Waals surface area contributed by atoms with Gasteiger partial charge in [0.25, 0.3) is 5.91 Å². The van der Waals surface area contributed by atoms with Crippen molar-refractivity contribution in [2.75, 3.05) is 20.2 Å². The Bertz CT molecular complexity index is 792. The predicted molar refractivity (Wildman–Crippen MR) is 92.1 cm³/mol. The van der Waals surface area contributed by atoms with Crippen molar-refractivity contribution in [3.8, 4) is 5.75 Å². The molecule has 1 aliphatic heterocycles. The Morgan fingerprint density at radius 1 is 1.40 bits per heavy atom. The average Bonchev–Trinajstić information content (AvgIpc) is 3.28. The van der Waals surface area contributed by atoms with Crippen molar-refractivity contribution in [1.29, 1.82) is 0 Å². The maximum Gasteiger partial charge on any atom is 0.308 e. The summed E-state index contributed by atoms with van der Waals surface area (Å²) in [4.78, 5) is 26.6. The number of hydrogen-bond donors (Lipinski definition) is 1. The van der Waals surface area contributed by atoms with Gasteiger partial charge >= 0.3 is 5.97 Å². The van der Waals surface area contributed by atoms with Crippen LogP contribution in [0.5, 0.6) is 5.75 Å². The molecule has 8 heteroatoms. The summed E-state index contributed by atoms with van der Waals surface area (Å²) >= 11 is 1.06. The molecule has 0 aliphatic carbocycles. The van der Waals surface area contributed by atoms with Crippen LogP contribution >= 0.6 is 11.5 Å². The van der Waals surface area contributed by atoms with Crippen LogP contribution in [-0.2, 0) is 11.2 Å². The minimum atomic E-state index is -0.902. The summed E-state index contributed by atoms with van der Waals surface area (Å²) in [6.45, 7) is 2.44. The third kappa shape index (κ3) is 3.34. The molecule has 0 radical (unpaired) electrons. The molecular weight excluding hydrogens is 342 g/mol. The van der Waals surface area contributed by atoms with E-state index in [0.717, 1.165) is 17.1 Å². The lowest BCUT2D eigenvalue weighted by molar-refractivity contribution is -0.141. The second-order valence-corrected chi connectivity index (χ2v) is 6.69. The zero-order chi connectivity index (χ0) is 18.0. The smallest absolute Gasteiger partial charge is 0.308 e. The highest BCUT2D eigenvalue weighted by Gasteiger charge is 2.41. The molecule has 25 heavy (non-hydrogen) atoms. The highest BCUT2D eigenvalue weighted by atomic mass is 32.1.